The van der Waals surface area contributed by atoms with E-state index < -0.39 is 0 Å². The molecule has 1 aromatic heterocycles. The van der Waals surface area contributed by atoms with Crippen LogP contribution in [0.25, 0.3) is 0 Å². The van der Waals surface area contributed by atoms with Crippen LogP contribution in [-0.4, -0.2) is 32.7 Å². The fourth-order valence-electron chi connectivity index (χ4n) is 1.48. The van der Waals surface area contributed by atoms with E-state index in [1.807, 2.05) is 6.92 Å². The summed E-state index contributed by atoms with van der Waals surface area (Å²) in [6.45, 7) is 6.45. The smallest absolute Gasteiger partial charge is 0.265 e. The van der Waals surface area contributed by atoms with Crippen LogP contribution in [0.3, 0.4) is 0 Å². The summed E-state index contributed by atoms with van der Waals surface area (Å²) >= 11 is 4.86. The van der Waals surface area contributed by atoms with Crippen molar-refractivity contribution in [1.82, 2.24) is 10.6 Å². The van der Waals surface area contributed by atoms with Crippen molar-refractivity contribution >= 4 is 45.6 Å². The lowest BCUT2D eigenvalue weighted by Gasteiger charge is -2.06. The van der Waals surface area contributed by atoms with Crippen LogP contribution in [0.15, 0.2) is 4.47 Å². The second kappa shape index (κ2) is 9.58. The molecule has 0 bridgehead atoms. The molecule has 0 atom stereocenters. The van der Waals surface area contributed by atoms with Gasteiger partial charge in [0.1, 0.15) is 4.88 Å². The molecule has 0 aliphatic heterocycles. The predicted octanol–water partition coefficient (Wildman–Crippen LogP) is 2.98. The molecule has 1 aromatic rings. The zero-order chi connectivity index (χ0) is 13.5. The Bertz CT molecular complexity index is 413. The Morgan fingerprint density at radius 2 is 2.05 bits per heavy atom. The van der Waals surface area contributed by atoms with Gasteiger partial charge in [-0.05, 0) is 35.8 Å². The van der Waals surface area contributed by atoms with Crippen LogP contribution in [0.2, 0.25) is 0 Å². The van der Waals surface area contributed by atoms with Crippen molar-refractivity contribution in [3.8, 4) is 5.75 Å². The summed E-state index contributed by atoms with van der Waals surface area (Å²) in [5.74, 6) is 0.542. The van der Waals surface area contributed by atoms with Gasteiger partial charge in [0.15, 0.2) is 5.75 Å². The second-order valence-electron chi connectivity index (χ2n) is 3.84. The van der Waals surface area contributed by atoms with Gasteiger partial charge in [-0.2, -0.15) is 0 Å². The first-order chi connectivity index (χ1) is 8.61. The first kappa shape index (κ1) is 18.7. The minimum atomic E-state index is -0.0797. The number of aryl methyl sites for hydroxylation is 1. The van der Waals surface area contributed by atoms with E-state index in [1.165, 1.54) is 11.3 Å². The van der Waals surface area contributed by atoms with E-state index in [-0.39, 0.29) is 18.3 Å². The standard InChI is InChI=1S/C12H19BrN2O2S.ClH/c1-4-5-14-6-7-15-12(16)11-10(17-3)9(13)8(2)18-11;/h14H,4-7H2,1-3H3,(H,15,16);1H. The molecule has 4 nitrogen and oxygen atoms in total. The van der Waals surface area contributed by atoms with Gasteiger partial charge in [-0.15, -0.1) is 23.7 Å². The second-order valence-corrected chi connectivity index (χ2v) is 5.86. The van der Waals surface area contributed by atoms with Gasteiger partial charge in [0.2, 0.25) is 0 Å². The molecule has 0 saturated heterocycles. The molecule has 1 rings (SSSR count). The van der Waals surface area contributed by atoms with Gasteiger partial charge in [0, 0.05) is 18.0 Å². The summed E-state index contributed by atoms with van der Waals surface area (Å²) in [6, 6.07) is 0. The van der Waals surface area contributed by atoms with Crippen LogP contribution in [-0.2, 0) is 0 Å². The zero-order valence-electron chi connectivity index (χ0n) is 11.3. The quantitative estimate of drug-likeness (QED) is 0.725. The maximum atomic E-state index is 12.0. The van der Waals surface area contributed by atoms with Crippen LogP contribution < -0.4 is 15.4 Å². The minimum absolute atomic E-state index is 0. The fourth-order valence-corrected chi connectivity index (χ4v) is 3.15. The lowest BCUT2D eigenvalue weighted by Crippen LogP contribution is -2.31. The first-order valence-electron chi connectivity index (χ1n) is 5.93. The van der Waals surface area contributed by atoms with Gasteiger partial charge in [0.05, 0.1) is 11.6 Å². The van der Waals surface area contributed by atoms with Gasteiger partial charge in [-0.1, -0.05) is 6.92 Å². The van der Waals surface area contributed by atoms with Gasteiger partial charge < -0.3 is 15.4 Å². The monoisotopic (exact) mass is 370 g/mol. The van der Waals surface area contributed by atoms with Gasteiger partial charge >= 0.3 is 0 Å². The summed E-state index contributed by atoms with van der Waals surface area (Å²) in [6.07, 6.45) is 1.10. The van der Waals surface area contributed by atoms with Crippen molar-refractivity contribution in [2.45, 2.75) is 20.3 Å². The van der Waals surface area contributed by atoms with Crippen molar-refractivity contribution in [3.05, 3.63) is 14.2 Å². The Morgan fingerprint density at radius 3 is 2.63 bits per heavy atom. The molecule has 1 heterocycles. The Morgan fingerprint density at radius 1 is 1.37 bits per heavy atom. The number of methoxy groups -OCH3 is 1. The highest BCUT2D eigenvalue weighted by atomic mass is 79.9. The highest BCUT2D eigenvalue weighted by Crippen LogP contribution is 2.38. The van der Waals surface area contributed by atoms with Gasteiger partial charge in [-0.3, -0.25) is 4.79 Å². The fraction of sp³-hybridized carbons (Fsp3) is 0.583. The van der Waals surface area contributed by atoms with Crippen molar-refractivity contribution in [1.29, 1.82) is 0 Å². The molecule has 110 valence electrons. The molecule has 0 radical (unpaired) electrons. The average Bonchev–Trinajstić information content (AvgIpc) is 2.65. The Labute approximate surface area is 132 Å². The van der Waals surface area contributed by atoms with Crippen molar-refractivity contribution in [2.75, 3.05) is 26.7 Å². The number of thiophene rings is 1. The number of rotatable bonds is 7. The summed E-state index contributed by atoms with van der Waals surface area (Å²) in [5, 5.41) is 6.12. The highest BCUT2D eigenvalue weighted by Gasteiger charge is 2.20. The lowest BCUT2D eigenvalue weighted by atomic mass is 10.3. The number of halogens is 2. The summed E-state index contributed by atoms with van der Waals surface area (Å²) in [7, 11) is 1.58. The first-order valence-corrected chi connectivity index (χ1v) is 7.54. The summed E-state index contributed by atoms with van der Waals surface area (Å²) < 4.78 is 6.12. The van der Waals surface area contributed by atoms with E-state index in [1.54, 1.807) is 7.11 Å². The maximum Gasteiger partial charge on any atom is 0.265 e. The third-order valence-electron chi connectivity index (χ3n) is 2.39. The lowest BCUT2D eigenvalue weighted by molar-refractivity contribution is 0.0955. The third kappa shape index (κ3) is 5.30. The van der Waals surface area contributed by atoms with Crippen LogP contribution in [0.5, 0.6) is 5.75 Å². The van der Waals surface area contributed by atoms with E-state index in [2.05, 4.69) is 33.5 Å². The number of hydrogen-bond donors (Lipinski definition) is 2. The van der Waals surface area contributed by atoms with Crippen molar-refractivity contribution < 1.29 is 9.53 Å². The normalized spacial score (nSPS) is 9.89. The number of amides is 1. The molecule has 0 saturated carbocycles. The van der Waals surface area contributed by atoms with Gasteiger partial charge in [-0.25, -0.2) is 0 Å². The highest BCUT2D eigenvalue weighted by molar-refractivity contribution is 9.10. The van der Waals surface area contributed by atoms with Crippen molar-refractivity contribution in [3.63, 3.8) is 0 Å². The maximum absolute atomic E-state index is 12.0. The molecule has 1 amide bonds. The molecule has 7 heteroatoms. The Balaban J connectivity index is 0.00000324. The van der Waals surface area contributed by atoms with E-state index in [9.17, 15) is 4.79 Å². The Hall–Kier alpha value is -0.300. The summed E-state index contributed by atoms with van der Waals surface area (Å²) in [4.78, 5) is 13.7. The molecular weight excluding hydrogens is 352 g/mol. The van der Waals surface area contributed by atoms with E-state index in [0.717, 1.165) is 28.9 Å². The number of hydrogen-bond acceptors (Lipinski definition) is 4. The number of carbonyl (C=O) groups is 1. The molecule has 0 aliphatic rings. The molecule has 19 heavy (non-hydrogen) atoms. The molecule has 0 aliphatic carbocycles. The van der Waals surface area contributed by atoms with E-state index >= 15 is 0 Å². The molecule has 0 unspecified atom stereocenters. The third-order valence-corrected chi connectivity index (χ3v) is 4.70. The van der Waals surface area contributed by atoms with Crippen molar-refractivity contribution in [2.24, 2.45) is 0 Å². The molecule has 0 spiro atoms. The Kier molecular flexibility index (Phi) is 9.43. The van der Waals surface area contributed by atoms with E-state index in [4.69, 9.17) is 4.74 Å². The minimum Gasteiger partial charge on any atom is -0.494 e. The topological polar surface area (TPSA) is 50.4 Å². The average molecular weight is 372 g/mol. The van der Waals surface area contributed by atoms with Crippen LogP contribution in [0.4, 0.5) is 0 Å². The zero-order valence-corrected chi connectivity index (χ0v) is 14.6. The molecule has 0 fully saturated rings. The van der Waals surface area contributed by atoms with Crippen LogP contribution in [0, 0.1) is 6.92 Å². The summed E-state index contributed by atoms with van der Waals surface area (Å²) in [5.41, 5.74) is 0. The van der Waals surface area contributed by atoms with E-state index in [0.29, 0.717) is 17.2 Å². The number of carbonyl (C=O) groups excluding carboxylic acids is 1. The SMILES string of the molecule is CCCNCCNC(=O)c1sc(C)c(Br)c1OC.Cl. The number of ether oxygens (including phenoxy) is 1. The molecule has 0 aromatic carbocycles. The van der Waals surface area contributed by atoms with Crippen LogP contribution in [0.1, 0.15) is 27.9 Å². The van der Waals surface area contributed by atoms with Crippen LogP contribution >= 0.6 is 39.7 Å². The largest absolute Gasteiger partial charge is 0.494 e. The van der Waals surface area contributed by atoms with Gasteiger partial charge in [0.25, 0.3) is 5.91 Å². The molecule has 2 N–H and O–H groups in total. The predicted molar refractivity (Wildman–Crippen MR) is 86.0 cm³/mol. The number of nitrogens with one attached hydrogen (secondary N) is 2. The molecular formula is C12H20BrClN2O2S.